The molecule has 1 saturated heterocycles. The Bertz CT molecular complexity index is 410. The van der Waals surface area contributed by atoms with Crippen LogP contribution in [-0.2, 0) is 4.74 Å². The Hall–Kier alpha value is -1.06. The van der Waals surface area contributed by atoms with Crippen LogP contribution in [0.4, 0.5) is 5.69 Å². The molecule has 2 N–H and O–H groups in total. The maximum atomic E-state index is 5.89. The normalized spacial score (nSPS) is 17.4. The summed E-state index contributed by atoms with van der Waals surface area (Å²) in [6, 6.07) is 4.48. The molecule has 18 heavy (non-hydrogen) atoms. The molecule has 3 heteroatoms. The minimum absolute atomic E-state index is 0.151. The SMILES string of the molecule is Cc1cc(C)c(N(C)CC2(CN)COC2)c(C)c1. The highest BCUT2D eigenvalue weighted by Crippen LogP contribution is 2.32. The van der Waals surface area contributed by atoms with Gasteiger partial charge < -0.3 is 15.4 Å². The third-order valence-electron chi connectivity index (χ3n) is 3.84. The number of hydrogen-bond donors (Lipinski definition) is 1. The molecule has 0 aliphatic carbocycles. The fourth-order valence-electron chi connectivity index (χ4n) is 3.02. The molecule has 2 rings (SSSR count). The number of nitrogens with zero attached hydrogens (tertiary/aromatic N) is 1. The van der Waals surface area contributed by atoms with E-state index in [4.69, 9.17) is 10.5 Å². The molecule has 1 fully saturated rings. The molecule has 3 nitrogen and oxygen atoms in total. The van der Waals surface area contributed by atoms with Gasteiger partial charge in [0, 0.05) is 31.2 Å². The largest absolute Gasteiger partial charge is 0.380 e. The summed E-state index contributed by atoms with van der Waals surface area (Å²) in [5, 5.41) is 0. The van der Waals surface area contributed by atoms with Crippen molar-refractivity contribution in [1.82, 2.24) is 0 Å². The van der Waals surface area contributed by atoms with Gasteiger partial charge in [-0.1, -0.05) is 17.7 Å². The Morgan fingerprint density at radius 1 is 1.22 bits per heavy atom. The summed E-state index contributed by atoms with van der Waals surface area (Å²) < 4.78 is 5.34. The van der Waals surface area contributed by atoms with Crippen LogP contribution in [0.3, 0.4) is 0 Å². The van der Waals surface area contributed by atoms with Crippen LogP contribution < -0.4 is 10.6 Å². The lowest BCUT2D eigenvalue weighted by atomic mass is 9.85. The second kappa shape index (κ2) is 4.90. The first-order valence-electron chi connectivity index (χ1n) is 6.54. The first-order valence-corrected chi connectivity index (χ1v) is 6.54. The lowest BCUT2D eigenvalue weighted by molar-refractivity contribution is -0.101. The smallest absolute Gasteiger partial charge is 0.0574 e. The van der Waals surface area contributed by atoms with Gasteiger partial charge in [0.2, 0.25) is 0 Å². The van der Waals surface area contributed by atoms with Gasteiger partial charge in [-0.2, -0.15) is 0 Å². The Kier molecular flexibility index (Phi) is 3.64. The Labute approximate surface area is 110 Å². The molecule has 100 valence electrons. The molecule has 0 aromatic heterocycles. The van der Waals surface area contributed by atoms with Gasteiger partial charge in [-0.25, -0.2) is 0 Å². The van der Waals surface area contributed by atoms with Crippen molar-refractivity contribution in [1.29, 1.82) is 0 Å². The number of anilines is 1. The van der Waals surface area contributed by atoms with E-state index in [9.17, 15) is 0 Å². The molecule has 1 aromatic carbocycles. The van der Waals surface area contributed by atoms with Crippen molar-refractivity contribution in [3.63, 3.8) is 0 Å². The van der Waals surface area contributed by atoms with Crippen molar-refractivity contribution < 1.29 is 4.74 Å². The zero-order chi connectivity index (χ0) is 13.3. The molecule has 0 atom stereocenters. The minimum atomic E-state index is 0.151. The molecule has 0 bridgehead atoms. The van der Waals surface area contributed by atoms with Crippen molar-refractivity contribution >= 4 is 5.69 Å². The summed E-state index contributed by atoms with van der Waals surface area (Å²) in [4.78, 5) is 2.33. The van der Waals surface area contributed by atoms with Crippen LogP contribution in [0.5, 0.6) is 0 Å². The predicted octanol–water partition coefficient (Wildman–Crippen LogP) is 2.02. The summed E-state index contributed by atoms with van der Waals surface area (Å²) in [5.74, 6) is 0. The van der Waals surface area contributed by atoms with Crippen LogP contribution in [0.1, 0.15) is 16.7 Å². The maximum absolute atomic E-state index is 5.89. The first-order chi connectivity index (χ1) is 8.47. The first kappa shape index (κ1) is 13.4. The van der Waals surface area contributed by atoms with E-state index in [1.54, 1.807) is 0 Å². The second-order valence-corrected chi connectivity index (χ2v) is 5.80. The van der Waals surface area contributed by atoms with Gasteiger partial charge in [0.05, 0.1) is 13.2 Å². The second-order valence-electron chi connectivity index (χ2n) is 5.80. The summed E-state index contributed by atoms with van der Waals surface area (Å²) in [7, 11) is 2.15. The highest BCUT2D eigenvalue weighted by Gasteiger charge is 2.38. The number of rotatable bonds is 4. The molecular formula is C15H24N2O. The van der Waals surface area contributed by atoms with Crippen LogP contribution in [0.15, 0.2) is 12.1 Å². The van der Waals surface area contributed by atoms with Crippen molar-refractivity contribution in [2.75, 3.05) is 38.3 Å². The Morgan fingerprint density at radius 2 is 1.78 bits per heavy atom. The third kappa shape index (κ3) is 2.38. The number of nitrogens with two attached hydrogens (primary N) is 1. The quantitative estimate of drug-likeness (QED) is 0.886. The van der Waals surface area contributed by atoms with Crippen molar-refractivity contribution in [2.45, 2.75) is 20.8 Å². The number of hydrogen-bond acceptors (Lipinski definition) is 3. The number of aryl methyl sites for hydroxylation is 3. The number of benzene rings is 1. The summed E-state index contributed by atoms with van der Waals surface area (Å²) >= 11 is 0. The van der Waals surface area contributed by atoms with Gasteiger partial charge in [-0.05, 0) is 31.9 Å². The molecule has 0 amide bonds. The van der Waals surface area contributed by atoms with E-state index in [-0.39, 0.29) is 5.41 Å². The van der Waals surface area contributed by atoms with Crippen molar-refractivity contribution in [2.24, 2.45) is 11.1 Å². The number of ether oxygens (including phenoxy) is 1. The van der Waals surface area contributed by atoms with E-state index in [0.717, 1.165) is 19.8 Å². The fraction of sp³-hybridized carbons (Fsp3) is 0.600. The molecule has 0 saturated carbocycles. The van der Waals surface area contributed by atoms with Gasteiger partial charge in [0.15, 0.2) is 0 Å². The van der Waals surface area contributed by atoms with Crippen LogP contribution >= 0.6 is 0 Å². The average molecular weight is 248 g/mol. The lowest BCUT2D eigenvalue weighted by Crippen LogP contribution is -2.54. The highest BCUT2D eigenvalue weighted by molar-refractivity contribution is 5.60. The van der Waals surface area contributed by atoms with Gasteiger partial charge in [0.25, 0.3) is 0 Å². The van der Waals surface area contributed by atoms with E-state index in [0.29, 0.717) is 6.54 Å². The topological polar surface area (TPSA) is 38.5 Å². The van der Waals surface area contributed by atoms with Gasteiger partial charge >= 0.3 is 0 Å². The molecule has 0 unspecified atom stereocenters. The molecule has 0 spiro atoms. The molecule has 1 heterocycles. The van der Waals surface area contributed by atoms with E-state index in [1.807, 2.05) is 0 Å². The van der Waals surface area contributed by atoms with Crippen LogP contribution in [0.2, 0.25) is 0 Å². The monoisotopic (exact) mass is 248 g/mol. The summed E-state index contributed by atoms with van der Waals surface area (Å²) in [6.07, 6.45) is 0. The third-order valence-corrected chi connectivity index (χ3v) is 3.84. The van der Waals surface area contributed by atoms with E-state index >= 15 is 0 Å². The minimum Gasteiger partial charge on any atom is -0.380 e. The van der Waals surface area contributed by atoms with E-state index in [2.05, 4.69) is 44.9 Å². The average Bonchev–Trinajstić information content (AvgIpc) is 2.21. The molecule has 1 aliphatic heterocycles. The predicted molar refractivity (Wildman–Crippen MR) is 76.2 cm³/mol. The molecule has 1 aliphatic rings. The highest BCUT2D eigenvalue weighted by atomic mass is 16.5. The Balaban J connectivity index is 2.21. The van der Waals surface area contributed by atoms with Crippen LogP contribution in [0, 0.1) is 26.2 Å². The zero-order valence-electron chi connectivity index (χ0n) is 11.9. The van der Waals surface area contributed by atoms with Gasteiger partial charge in [-0.3, -0.25) is 0 Å². The summed E-state index contributed by atoms with van der Waals surface area (Å²) in [5.41, 5.74) is 11.4. The standard InChI is InChI=1S/C15H24N2O/c1-11-5-12(2)14(13(3)6-11)17(4)8-15(7-16)9-18-10-15/h5-6H,7-10,16H2,1-4H3. The van der Waals surface area contributed by atoms with E-state index in [1.165, 1.54) is 22.4 Å². The van der Waals surface area contributed by atoms with Crippen molar-refractivity contribution in [3.8, 4) is 0 Å². The summed E-state index contributed by atoms with van der Waals surface area (Å²) in [6.45, 7) is 9.74. The van der Waals surface area contributed by atoms with Crippen LogP contribution in [-0.4, -0.2) is 33.4 Å². The Morgan fingerprint density at radius 3 is 2.17 bits per heavy atom. The van der Waals surface area contributed by atoms with Crippen molar-refractivity contribution in [3.05, 3.63) is 28.8 Å². The lowest BCUT2D eigenvalue weighted by Gasteiger charge is -2.44. The maximum Gasteiger partial charge on any atom is 0.0574 e. The fourth-order valence-corrected chi connectivity index (χ4v) is 3.02. The molecule has 1 aromatic rings. The molecular weight excluding hydrogens is 224 g/mol. The zero-order valence-corrected chi connectivity index (χ0v) is 11.9. The van der Waals surface area contributed by atoms with Crippen LogP contribution in [0.25, 0.3) is 0 Å². The van der Waals surface area contributed by atoms with Gasteiger partial charge in [0.1, 0.15) is 0 Å². The van der Waals surface area contributed by atoms with E-state index < -0.39 is 0 Å². The molecule has 0 radical (unpaired) electrons. The van der Waals surface area contributed by atoms with Gasteiger partial charge in [-0.15, -0.1) is 0 Å².